The predicted octanol–water partition coefficient (Wildman–Crippen LogP) is 5.75. The van der Waals surface area contributed by atoms with Crippen LogP contribution in [0.1, 0.15) is 50.6 Å². The fourth-order valence-corrected chi connectivity index (χ4v) is 4.05. The summed E-state index contributed by atoms with van der Waals surface area (Å²) in [5.74, 6) is 1.17. The molecule has 0 aromatic carbocycles. The lowest BCUT2D eigenvalue weighted by Crippen LogP contribution is -2.24. The van der Waals surface area contributed by atoms with Crippen molar-refractivity contribution in [3.8, 4) is 11.3 Å². The van der Waals surface area contributed by atoms with Crippen LogP contribution in [0.15, 0.2) is 23.2 Å². The maximum Gasteiger partial charge on any atom is 0.135 e. The van der Waals surface area contributed by atoms with Crippen molar-refractivity contribution in [1.82, 2.24) is 9.97 Å². The van der Waals surface area contributed by atoms with Gasteiger partial charge in [-0.15, -0.1) is 0 Å². The highest BCUT2D eigenvalue weighted by atomic mass is 79.9. The second-order valence-electron chi connectivity index (χ2n) is 7.57. The third-order valence-corrected chi connectivity index (χ3v) is 5.59. The lowest BCUT2D eigenvalue weighted by atomic mass is 9.99. The van der Waals surface area contributed by atoms with Crippen LogP contribution in [0.25, 0.3) is 16.8 Å². The van der Waals surface area contributed by atoms with Crippen molar-refractivity contribution in [3.05, 3.63) is 40.1 Å². The van der Waals surface area contributed by atoms with E-state index in [1.54, 1.807) is 7.11 Å². The summed E-state index contributed by atoms with van der Waals surface area (Å²) in [4.78, 5) is 12.1. The van der Waals surface area contributed by atoms with Gasteiger partial charge in [0.25, 0.3) is 0 Å². The molecule has 0 spiro atoms. The predicted molar refractivity (Wildman–Crippen MR) is 128 cm³/mol. The van der Waals surface area contributed by atoms with Gasteiger partial charge >= 0.3 is 0 Å². The van der Waals surface area contributed by atoms with Crippen LogP contribution in [-0.4, -0.2) is 44.3 Å². The molecule has 0 bridgehead atoms. The van der Waals surface area contributed by atoms with Crippen molar-refractivity contribution in [3.63, 3.8) is 0 Å². The zero-order valence-electron chi connectivity index (χ0n) is 18.7. The molecule has 1 N–H and O–H groups in total. The number of aromatic nitrogens is 2. The van der Waals surface area contributed by atoms with Crippen molar-refractivity contribution in [2.45, 2.75) is 40.0 Å². The van der Waals surface area contributed by atoms with Gasteiger partial charge in [0.15, 0.2) is 0 Å². The van der Waals surface area contributed by atoms with Crippen LogP contribution in [0.4, 0.5) is 11.5 Å². The highest BCUT2D eigenvalue weighted by Gasteiger charge is 2.20. The van der Waals surface area contributed by atoms with E-state index in [1.165, 1.54) is 5.56 Å². The van der Waals surface area contributed by atoms with Gasteiger partial charge in [-0.3, -0.25) is 0 Å². The largest absolute Gasteiger partial charge is 0.383 e. The van der Waals surface area contributed by atoms with E-state index in [0.29, 0.717) is 12.5 Å². The van der Waals surface area contributed by atoms with Crippen LogP contribution < -0.4 is 10.2 Å². The summed E-state index contributed by atoms with van der Waals surface area (Å²) in [6.45, 7) is 14.1. The highest BCUT2D eigenvalue weighted by molar-refractivity contribution is 9.10. The summed E-state index contributed by atoms with van der Waals surface area (Å²) < 4.78 is 6.25. The van der Waals surface area contributed by atoms with Crippen LogP contribution in [0, 0.1) is 0 Å². The summed E-state index contributed by atoms with van der Waals surface area (Å²) in [5, 5.41) is 3.26. The van der Waals surface area contributed by atoms with Gasteiger partial charge in [-0.1, -0.05) is 27.4 Å². The monoisotopic (exact) mass is 460 g/mol. The number of allylic oxidation sites excluding steroid dienone is 1. The lowest BCUT2D eigenvalue weighted by Gasteiger charge is -2.24. The molecule has 0 radical (unpaired) electrons. The van der Waals surface area contributed by atoms with Crippen molar-refractivity contribution < 1.29 is 4.74 Å². The number of pyridine rings is 2. The molecule has 2 rings (SSSR count). The Morgan fingerprint density at radius 3 is 2.52 bits per heavy atom. The molecule has 158 valence electrons. The highest BCUT2D eigenvalue weighted by Crippen LogP contribution is 2.37. The maximum absolute atomic E-state index is 5.25. The number of anilines is 2. The number of ether oxygens (including phenoxy) is 1. The Balaban J connectivity index is 2.72. The fraction of sp³-hybridized carbons (Fsp3) is 0.478. The van der Waals surface area contributed by atoms with Gasteiger partial charge in [0, 0.05) is 37.8 Å². The zero-order valence-corrected chi connectivity index (χ0v) is 20.3. The molecule has 2 aromatic heterocycles. The van der Waals surface area contributed by atoms with Crippen LogP contribution in [0.3, 0.4) is 0 Å². The van der Waals surface area contributed by atoms with Gasteiger partial charge in [-0.25, -0.2) is 9.97 Å². The van der Waals surface area contributed by atoms with Crippen LogP contribution >= 0.6 is 15.9 Å². The fourth-order valence-electron chi connectivity index (χ4n) is 3.28. The second kappa shape index (κ2) is 10.2. The summed E-state index contributed by atoms with van der Waals surface area (Å²) in [6.07, 6.45) is 0.872. The number of aryl methyl sites for hydroxylation is 1. The molecule has 2 aromatic rings. The molecule has 0 saturated heterocycles. The molecule has 0 atom stereocenters. The summed E-state index contributed by atoms with van der Waals surface area (Å²) in [7, 11) is 5.69. The van der Waals surface area contributed by atoms with E-state index < -0.39 is 0 Å². The molecule has 5 nitrogen and oxygen atoms in total. The molecule has 2 heterocycles. The Morgan fingerprint density at radius 2 is 2.00 bits per heavy atom. The quantitative estimate of drug-likeness (QED) is 0.516. The van der Waals surface area contributed by atoms with Crippen molar-refractivity contribution in [2.24, 2.45) is 0 Å². The molecule has 0 aliphatic heterocycles. The Hall–Kier alpha value is -1.92. The minimum absolute atomic E-state index is 0.326. The molecule has 0 fully saturated rings. The Bertz CT molecular complexity index is 880. The minimum Gasteiger partial charge on any atom is -0.383 e. The molecular formula is C23H33BrN4O. The number of nitrogens with zero attached hydrogens (tertiary/aromatic N) is 3. The first-order valence-electron chi connectivity index (χ1n) is 10.0. The van der Waals surface area contributed by atoms with E-state index in [9.17, 15) is 0 Å². The summed E-state index contributed by atoms with van der Waals surface area (Å²) in [5.41, 5.74) is 7.07. The van der Waals surface area contributed by atoms with Gasteiger partial charge in [0.2, 0.25) is 0 Å². The van der Waals surface area contributed by atoms with E-state index in [0.717, 1.165) is 57.2 Å². The smallest absolute Gasteiger partial charge is 0.135 e. The summed E-state index contributed by atoms with van der Waals surface area (Å²) in [6, 6.07) is 4.36. The van der Waals surface area contributed by atoms with Crippen molar-refractivity contribution in [2.75, 3.05) is 44.6 Å². The maximum atomic E-state index is 5.25. The molecule has 0 saturated carbocycles. The van der Waals surface area contributed by atoms with Gasteiger partial charge in [0.1, 0.15) is 5.82 Å². The minimum atomic E-state index is 0.326. The van der Waals surface area contributed by atoms with Gasteiger partial charge in [-0.05, 0) is 58.5 Å². The van der Waals surface area contributed by atoms with Crippen LogP contribution in [0.2, 0.25) is 0 Å². The number of hydrogen-bond acceptors (Lipinski definition) is 5. The van der Waals surface area contributed by atoms with E-state index in [2.05, 4.69) is 72.7 Å². The molecular weight excluding hydrogens is 428 g/mol. The lowest BCUT2D eigenvalue weighted by molar-refractivity contribution is 0.206. The number of hydrogen-bond donors (Lipinski definition) is 1. The third kappa shape index (κ3) is 5.17. The molecule has 29 heavy (non-hydrogen) atoms. The van der Waals surface area contributed by atoms with Crippen LogP contribution in [-0.2, 0) is 11.2 Å². The van der Waals surface area contributed by atoms with Crippen molar-refractivity contribution in [1.29, 1.82) is 0 Å². The second-order valence-corrected chi connectivity index (χ2v) is 8.42. The standard InChI is InChI=1S/C23H33BrN4O/c1-9-16-12-19(28(7)10-11-29-8)21(15(4)5)26-22(16)17-13-18(24)20(14(2)3)27-23(17)25-6/h12-14H,4,9-11H2,1-3,5-8H3,(H,25,27). The topological polar surface area (TPSA) is 50.3 Å². The normalized spacial score (nSPS) is 11.1. The first-order valence-corrected chi connectivity index (χ1v) is 10.8. The number of halogens is 1. The van der Waals surface area contributed by atoms with E-state index in [-0.39, 0.29) is 0 Å². The molecule has 0 aliphatic rings. The molecule has 0 unspecified atom stereocenters. The number of methoxy groups -OCH3 is 1. The Morgan fingerprint density at radius 1 is 1.31 bits per heavy atom. The molecule has 0 aliphatic carbocycles. The van der Waals surface area contributed by atoms with Gasteiger partial charge in [-0.2, -0.15) is 0 Å². The Kier molecular flexibility index (Phi) is 8.23. The molecule has 0 amide bonds. The van der Waals surface area contributed by atoms with Crippen LogP contribution in [0.5, 0.6) is 0 Å². The first-order chi connectivity index (χ1) is 13.7. The zero-order chi connectivity index (χ0) is 21.7. The van der Waals surface area contributed by atoms with Gasteiger partial charge < -0.3 is 15.0 Å². The number of nitrogens with one attached hydrogen (secondary N) is 1. The SMILES string of the molecule is C=C(C)c1nc(-c2cc(Br)c(C(C)C)nc2NC)c(CC)cc1N(C)CCOC. The van der Waals surface area contributed by atoms with E-state index in [4.69, 9.17) is 14.7 Å². The van der Waals surface area contributed by atoms with E-state index >= 15 is 0 Å². The van der Waals surface area contributed by atoms with E-state index in [1.807, 2.05) is 14.0 Å². The Labute approximate surface area is 183 Å². The average Bonchev–Trinajstić information content (AvgIpc) is 2.70. The number of likely N-dealkylation sites (N-methyl/N-ethyl adjacent to an activating group) is 1. The van der Waals surface area contributed by atoms with Crippen molar-refractivity contribution >= 4 is 33.0 Å². The first kappa shape index (κ1) is 23.4. The molecule has 6 heteroatoms. The average molecular weight is 461 g/mol. The number of rotatable bonds is 9. The summed E-state index contributed by atoms with van der Waals surface area (Å²) >= 11 is 3.71. The third-order valence-electron chi connectivity index (χ3n) is 4.95. The van der Waals surface area contributed by atoms with Gasteiger partial charge in [0.05, 0.1) is 29.4 Å².